The van der Waals surface area contributed by atoms with Gasteiger partial charge < -0.3 is 34.8 Å². The molecule has 2 aliphatic heterocycles. The zero-order valence-corrected chi connectivity index (χ0v) is 35.0. The van der Waals surface area contributed by atoms with E-state index >= 15 is 0 Å². The van der Waals surface area contributed by atoms with Crippen LogP contribution in [0.25, 0.3) is 11.4 Å². The highest BCUT2D eigenvalue weighted by molar-refractivity contribution is 5.98. The SMILES string of the molecule is C.Cc1c(C)c([N+](=O)[O-])c(C)c2c1OC(C)(C(=O)Nc1ccc(-n3ccnc3)cc1)C2.Cc1c(C)c([N+](=O)[O-])c(C)c2c1OC(C)(C(=O)O)C2.Nc1ccc(-n2ccnc2)cc1. The van der Waals surface area contributed by atoms with Crippen LogP contribution in [0.3, 0.4) is 0 Å². The molecule has 0 radical (unpaired) electrons. The molecule has 17 nitrogen and oxygen atoms in total. The fourth-order valence-electron chi connectivity index (χ4n) is 7.48. The highest BCUT2D eigenvalue weighted by atomic mass is 16.6. The Hall–Kier alpha value is -7.56. The lowest BCUT2D eigenvalue weighted by atomic mass is 9.91. The quantitative estimate of drug-likeness (QED) is 0.0780. The molecular weight excluding hydrogens is 797 g/mol. The number of nitrogens with two attached hydrogens (primary N) is 1. The maximum Gasteiger partial charge on any atom is 0.348 e. The highest BCUT2D eigenvalue weighted by Crippen LogP contribution is 2.46. The van der Waals surface area contributed by atoms with Crippen molar-refractivity contribution < 1.29 is 34.0 Å². The van der Waals surface area contributed by atoms with Gasteiger partial charge in [-0.15, -0.1) is 0 Å². The fraction of sp³-hybridized carbons (Fsp3) is 0.289. The topological polar surface area (TPSA) is 233 Å². The van der Waals surface area contributed by atoms with Crippen molar-refractivity contribution in [3.05, 3.63) is 151 Å². The van der Waals surface area contributed by atoms with Crippen LogP contribution in [0.5, 0.6) is 11.5 Å². The fourth-order valence-corrected chi connectivity index (χ4v) is 7.48. The van der Waals surface area contributed by atoms with Gasteiger partial charge in [0.05, 0.1) is 22.5 Å². The van der Waals surface area contributed by atoms with Crippen LogP contribution in [0.15, 0.2) is 86.0 Å². The van der Waals surface area contributed by atoms with Gasteiger partial charge in [-0.3, -0.25) is 25.0 Å². The Kier molecular flexibility index (Phi) is 12.9. The van der Waals surface area contributed by atoms with Crippen molar-refractivity contribution in [2.24, 2.45) is 0 Å². The van der Waals surface area contributed by atoms with Crippen molar-refractivity contribution in [2.45, 2.75) is 86.9 Å². The van der Waals surface area contributed by atoms with Crippen LogP contribution in [0.4, 0.5) is 22.7 Å². The third-order valence-corrected chi connectivity index (χ3v) is 11.3. The van der Waals surface area contributed by atoms with E-state index in [2.05, 4.69) is 15.3 Å². The second-order valence-electron chi connectivity index (χ2n) is 15.4. The first kappa shape index (κ1) is 45.5. The van der Waals surface area contributed by atoms with Crippen LogP contribution in [0, 0.1) is 61.8 Å². The monoisotopic (exact) mass is 846 g/mol. The number of carboxylic acid groups (broad SMARTS) is 1. The Morgan fingerprint density at radius 3 is 1.48 bits per heavy atom. The highest BCUT2D eigenvalue weighted by Gasteiger charge is 2.46. The summed E-state index contributed by atoms with van der Waals surface area (Å²) in [5.41, 5.74) is 11.4. The molecule has 0 saturated carbocycles. The number of anilines is 2. The van der Waals surface area contributed by atoms with E-state index in [1.54, 1.807) is 73.5 Å². The van der Waals surface area contributed by atoms with Crippen LogP contribution in [0.2, 0.25) is 0 Å². The third-order valence-electron chi connectivity index (χ3n) is 11.3. The number of fused-ring (bicyclic) bond motifs is 2. The number of nitrogen functional groups attached to an aromatic ring is 1. The number of imidazole rings is 2. The average molecular weight is 847 g/mol. The van der Waals surface area contributed by atoms with E-state index < -0.39 is 22.1 Å². The first-order valence-electron chi connectivity index (χ1n) is 19.2. The standard InChI is InChI=1S/C22H22N4O4.C13H15NO5.C9H9N3.CH4/c1-13-14(2)20-18(15(3)19(13)26(28)29)11-22(4,30-20)21(27)24-16-5-7-17(8-6-16)25-10-9-23-12-25;1-6-7(2)11-9(8(3)10(6)14(17)18)5-13(4,19-11)12(15)16;10-8-1-3-9(4-2-8)12-6-5-11-7-12;/h5-10,12H,11H2,1-4H3,(H,24,27);5H2,1-4H3,(H,15,16);1-7H,10H2;1H4. The molecule has 17 heteroatoms. The number of nitrogens with one attached hydrogen (secondary N) is 1. The van der Waals surface area contributed by atoms with Gasteiger partial charge in [0, 0.05) is 105 Å². The number of carbonyl (C=O) groups excluding carboxylic acids is 1. The van der Waals surface area contributed by atoms with Crippen LogP contribution in [0.1, 0.15) is 65.8 Å². The first-order valence-corrected chi connectivity index (χ1v) is 19.2. The summed E-state index contributed by atoms with van der Waals surface area (Å²) in [5.74, 6) is -0.315. The molecule has 0 spiro atoms. The molecule has 2 unspecified atom stereocenters. The van der Waals surface area contributed by atoms with Crippen molar-refractivity contribution in [2.75, 3.05) is 11.1 Å². The van der Waals surface area contributed by atoms with E-state index in [1.165, 1.54) is 6.92 Å². The van der Waals surface area contributed by atoms with Gasteiger partial charge in [0.25, 0.3) is 17.3 Å². The number of benzene rings is 4. The molecule has 62 heavy (non-hydrogen) atoms. The lowest BCUT2D eigenvalue weighted by molar-refractivity contribution is -0.386. The lowest BCUT2D eigenvalue weighted by Crippen LogP contribution is -2.44. The number of rotatable bonds is 7. The van der Waals surface area contributed by atoms with E-state index in [0.29, 0.717) is 56.1 Å². The van der Waals surface area contributed by atoms with E-state index in [9.17, 15) is 34.9 Å². The molecule has 4 N–H and O–H groups in total. The number of carboxylic acids is 1. The van der Waals surface area contributed by atoms with Gasteiger partial charge in [-0.25, -0.2) is 14.8 Å². The maximum absolute atomic E-state index is 13.1. The lowest BCUT2D eigenvalue weighted by Gasteiger charge is -2.23. The van der Waals surface area contributed by atoms with Crippen LogP contribution in [-0.2, 0) is 22.4 Å². The molecule has 0 bridgehead atoms. The number of amides is 1. The minimum atomic E-state index is -1.35. The third kappa shape index (κ3) is 8.68. The van der Waals surface area contributed by atoms with Crippen molar-refractivity contribution in [3.63, 3.8) is 0 Å². The van der Waals surface area contributed by atoms with Gasteiger partial charge >= 0.3 is 5.97 Å². The molecule has 6 aromatic rings. The average Bonchev–Trinajstić information content (AvgIpc) is 4.05. The Balaban J connectivity index is 0.000000193. The number of hydrogen-bond donors (Lipinski definition) is 3. The minimum absolute atomic E-state index is 0. The predicted molar refractivity (Wildman–Crippen MR) is 235 cm³/mol. The molecule has 2 aromatic heterocycles. The van der Waals surface area contributed by atoms with Gasteiger partial charge in [0.15, 0.2) is 5.60 Å². The number of nitro groups is 2. The summed E-state index contributed by atoms with van der Waals surface area (Å²) in [5, 5.41) is 34.8. The molecule has 2 aliphatic rings. The summed E-state index contributed by atoms with van der Waals surface area (Å²) in [6.07, 6.45) is 11.0. The maximum atomic E-state index is 13.1. The number of aliphatic carboxylic acids is 1. The molecule has 4 heterocycles. The van der Waals surface area contributed by atoms with Gasteiger partial charge in [0.1, 0.15) is 11.5 Å². The minimum Gasteiger partial charge on any atom is -0.478 e. The Labute approximate surface area is 358 Å². The summed E-state index contributed by atoms with van der Waals surface area (Å²) >= 11 is 0. The zero-order chi connectivity index (χ0) is 44.6. The van der Waals surface area contributed by atoms with E-state index in [1.807, 2.05) is 70.1 Å². The first-order chi connectivity index (χ1) is 28.8. The van der Waals surface area contributed by atoms with Gasteiger partial charge in [-0.2, -0.15) is 0 Å². The molecule has 0 saturated heterocycles. The number of nitro benzene ring substituents is 2. The molecule has 2 atom stereocenters. The van der Waals surface area contributed by atoms with Gasteiger partial charge in [0.2, 0.25) is 5.60 Å². The zero-order valence-electron chi connectivity index (χ0n) is 35.0. The number of carbonyl (C=O) groups is 2. The van der Waals surface area contributed by atoms with Crippen LogP contribution < -0.4 is 20.5 Å². The normalized spacial score (nSPS) is 16.7. The number of hydrogen-bond acceptors (Lipinski definition) is 11. The smallest absolute Gasteiger partial charge is 0.348 e. The number of aromatic nitrogens is 4. The van der Waals surface area contributed by atoms with Gasteiger partial charge in [-0.1, -0.05) is 7.43 Å². The van der Waals surface area contributed by atoms with Crippen molar-refractivity contribution in [1.29, 1.82) is 0 Å². The summed E-state index contributed by atoms with van der Waals surface area (Å²) < 4.78 is 15.4. The molecule has 0 aliphatic carbocycles. The second-order valence-corrected chi connectivity index (χ2v) is 15.4. The summed E-state index contributed by atoms with van der Waals surface area (Å²) in [4.78, 5) is 54.2. The Morgan fingerprint density at radius 2 is 1.10 bits per heavy atom. The predicted octanol–water partition coefficient (Wildman–Crippen LogP) is 8.43. The van der Waals surface area contributed by atoms with Crippen molar-refractivity contribution in [3.8, 4) is 22.9 Å². The summed E-state index contributed by atoms with van der Waals surface area (Å²) in [6.45, 7) is 13.4. The largest absolute Gasteiger partial charge is 0.478 e. The summed E-state index contributed by atoms with van der Waals surface area (Å²) in [6, 6.07) is 15.0. The van der Waals surface area contributed by atoms with Gasteiger partial charge in [-0.05, 0) is 104 Å². The van der Waals surface area contributed by atoms with E-state index in [4.69, 9.17) is 15.2 Å². The van der Waals surface area contributed by atoms with Crippen molar-refractivity contribution >= 4 is 34.6 Å². The number of nitrogens with zero attached hydrogens (tertiary/aromatic N) is 6. The Morgan fingerprint density at radius 1 is 0.694 bits per heavy atom. The molecule has 8 rings (SSSR count). The van der Waals surface area contributed by atoms with E-state index in [0.717, 1.165) is 22.6 Å². The summed E-state index contributed by atoms with van der Waals surface area (Å²) in [7, 11) is 0. The number of ether oxygens (including phenoxy) is 2. The molecule has 0 fully saturated rings. The molecule has 1 amide bonds. The van der Waals surface area contributed by atoms with E-state index in [-0.39, 0.29) is 42.5 Å². The Bertz CT molecular complexity index is 2660. The molecule has 324 valence electrons. The van der Waals surface area contributed by atoms with Crippen LogP contribution in [-0.4, -0.2) is 57.1 Å². The van der Waals surface area contributed by atoms with Crippen molar-refractivity contribution in [1.82, 2.24) is 19.1 Å². The molecular formula is C45H50N8O9. The molecule has 4 aromatic carbocycles. The second kappa shape index (κ2) is 17.6. The van der Waals surface area contributed by atoms with Crippen LogP contribution >= 0.6 is 0 Å².